The van der Waals surface area contributed by atoms with Crippen LogP contribution in [0.5, 0.6) is 0 Å². The van der Waals surface area contributed by atoms with E-state index in [1.807, 2.05) is 25.1 Å². The number of aryl methyl sites for hydroxylation is 1. The zero-order valence-corrected chi connectivity index (χ0v) is 14.2. The monoisotopic (exact) mass is 336 g/mol. The van der Waals surface area contributed by atoms with E-state index in [4.69, 9.17) is 4.52 Å². The van der Waals surface area contributed by atoms with Crippen molar-refractivity contribution in [1.29, 1.82) is 0 Å². The first-order valence-electron chi connectivity index (χ1n) is 8.60. The summed E-state index contributed by atoms with van der Waals surface area (Å²) in [4.78, 5) is 19.2. The smallest absolute Gasteiger partial charge is 0.257 e. The van der Waals surface area contributed by atoms with Crippen LogP contribution in [-0.2, 0) is 0 Å². The number of benzene rings is 1. The molecule has 1 aromatic carbocycles. The lowest BCUT2D eigenvalue weighted by molar-refractivity contribution is 0.102. The zero-order chi connectivity index (χ0) is 17.2. The van der Waals surface area contributed by atoms with Crippen LogP contribution in [0.25, 0.3) is 11.1 Å². The highest BCUT2D eigenvalue weighted by molar-refractivity contribution is 6.07. The van der Waals surface area contributed by atoms with Crippen molar-refractivity contribution >= 4 is 28.4 Å². The van der Waals surface area contributed by atoms with Gasteiger partial charge in [0.05, 0.1) is 28.0 Å². The molecule has 0 radical (unpaired) electrons. The van der Waals surface area contributed by atoms with Crippen LogP contribution < -0.4 is 10.2 Å². The summed E-state index contributed by atoms with van der Waals surface area (Å²) in [5.41, 5.74) is 3.57. The van der Waals surface area contributed by atoms with Crippen molar-refractivity contribution in [1.82, 2.24) is 10.1 Å². The summed E-state index contributed by atoms with van der Waals surface area (Å²) in [5, 5.41) is 7.67. The first-order chi connectivity index (χ1) is 12.2. The standard InChI is InChI=1S/C19H20N4O2/c1-13-15-11-14(12-20-19(15)25-22-13)18(24)21-16-7-3-4-8-17(16)23-9-5-2-6-10-23/h3-4,7-8,11-12H,2,5-6,9-10H2,1H3,(H,21,24). The number of carbonyl (C=O) groups is 1. The third-order valence-electron chi connectivity index (χ3n) is 4.62. The maximum absolute atomic E-state index is 12.7. The van der Waals surface area contributed by atoms with Crippen LogP contribution in [0.3, 0.4) is 0 Å². The number of pyridine rings is 1. The molecule has 6 heteroatoms. The first kappa shape index (κ1) is 15.6. The fourth-order valence-electron chi connectivity index (χ4n) is 3.25. The van der Waals surface area contributed by atoms with E-state index in [0.717, 1.165) is 35.5 Å². The van der Waals surface area contributed by atoms with Gasteiger partial charge in [-0.2, -0.15) is 0 Å². The van der Waals surface area contributed by atoms with E-state index in [-0.39, 0.29) is 5.91 Å². The molecular weight excluding hydrogens is 316 g/mol. The molecule has 0 atom stereocenters. The minimum Gasteiger partial charge on any atom is -0.370 e. The van der Waals surface area contributed by atoms with Crippen molar-refractivity contribution in [3.05, 3.63) is 47.8 Å². The molecule has 6 nitrogen and oxygen atoms in total. The Morgan fingerprint density at radius 2 is 2.00 bits per heavy atom. The van der Waals surface area contributed by atoms with Gasteiger partial charge in [-0.3, -0.25) is 4.79 Å². The summed E-state index contributed by atoms with van der Waals surface area (Å²) >= 11 is 0. The fourth-order valence-corrected chi connectivity index (χ4v) is 3.25. The molecule has 2 aromatic heterocycles. The van der Waals surface area contributed by atoms with Crippen LogP contribution in [-0.4, -0.2) is 29.1 Å². The SMILES string of the molecule is Cc1noc2ncc(C(=O)Nc3ccccc3N3CCCCC3)cc12. The number of carbonyl (C=O) groups excluding carboxylic acids is 1. The van der Waals surface area contributed by atoms with Crippen LogP contribution >= 0.6 is 0 Å². The number of anilines is 2. The van der Waals surface area contributed by atoms with Gasteiger partial charge in [-0.1, -0.05) is 17.3 Å². The summed E-state index contributed by atoms with van der Waals surface area (Å²) < 4.78 is 5.10. The lowest BCUT2D eigenvalue weighted by atomic mass is 10.1. The quantitative estimate of drug-likeness (QED) is 0.788. The number of fused-ring (bicyclic) bond motifs is 1. The molecule has 1 amide bonds. The van der Waals surface area contributed by atoms with Crippen LogP contribution in [0, 0.1) is 6.92 Å². The van der Waals surface area contributed by atoms with E-state index < -0.39 is 0 Å². The zero-order valence-electron chi connectivity index (χ0n) is 14.2. The van der Waals surface area contributed by atoms with Gasteiger partial charge in [0, 0.05) is 19.3 Å². The van der Waals surface area contributed by atoms with Crippen molar-refractivity contribution in [2.45, 2.75) is 26.2 Å². The summed E-state index contributed by atoms with van der Waals surface area (Å²) in [6, 6.07) is 9.72. The summed E-state index contributed by atoms with van der Waals surface area (Å²) in [7, 11) is 0. The Bertz CT molecular complexity index is 913. The normalized spacial score (nSPS) is 14.7. The maximum atomic E-state index is 12.7. The Balaban J connectivity index is 1.60. The van der Waals surface area contributed by atoms with Gasteiger partial charge in [0.2, 0.25) is 0 Å². The van der Waals surface area contributed by atoms with Crippen molar-refractivity contribution < 1.29 is 9.32 Å². The van der Waals surface area contributed by atoms with Crippen LogP contribution in [0.2, 0.25) is 0 Å². The average molecular weight is 336 g/mol. The van der Waals surface area contributed by atoms with Gasteiger partial charge in [-0.25, -0.2) is 4.98 Å². The van der Waals surface area contributed by atoms with Gasteiger partial charge in [0.1, 0.15) is 0 Å². The molecule has 1 saturated heterocycles. The van der Waals surface area contributed by atoms with E-state index in [1.54, 1.807) is 6.07 Å². The van der Waals surface area contributed by atoms with E-state index in [1.165, 1.54) is 25.5 Å². The lowest BCUT2D eigenvalue weighted by Gasteiger charge is -2.30. The third kappa shape index (κ3) is 3.07. The molecule has 3 heterocycles. The largest absolute Gasteiger partial charge is 0.370 e. The molecule has 3 aromatic rings. The number of piperidine rings is 1. The molecule has 25 heavy (non-hydrogen) atoms. The van der Waals surface area contributed by atoms with E-state index in [2.05, 4.69) is 26.4 Å². The molecule has 4 rings (SSSR count). The number of hydrogen-bond acceptors (Lipinski definition) is 5. The minimum atomic E-state index is -0.181. The molecule has 1 fully saturated rings. The molecular formula is C19H20N4O2. The first-order valence-corrected chi connectivity index (χ1v) is 8.60. The van der Waals surface area contributed by atoms with E-state index in [0.29, 0.717) is 11.3 Å². The third-order valence-corrected chi connectivity index (χ3v) is 4.62. The number of aromatic nitrogens is 2. The van der Waals surface area contributed by atoms with E-state index in [9.17, 15) is 4.79 Å². The number of hydrogen-bond donors (Lipinski definition) is 1. The van der Waals surface area contributed by atoms with Crippen LogP contribution in [0.15, 0.2) is 41.1 Å². The highest BCUT2D eigenvalue weighted by Crippen LogP contribution is 2.28. The van der Waals surface area contributed by atoms with Crippen molar-refractivity contribution in [3.8, 4) is 0 Å². The topological polar surface area (TPSA) is 71.3 Å². The Hall–Kier alpha value is -2.89. The predicted molar refractivity (Wildman–Crippen MR) is 97.0 cm³/mol. The molecule has 0 bridgehead atoms. The minimum absolute atomic E-state index is 0.181. The number of rotatable bonds is 3. The van der Waals surface area contributed by atoms with Gasteiger partial charge < -0.3 is 14.7 Å². The maximum Gasteiger partial charge on any atom is 0.257 e. The molecule has 0 unspecified atom stereocenters. The van der Waals surface area contributed by atoms with Gasteiger partial charge in [-0.05, 0) is 44.4 Å². The summed E-state index contributed by atoms with van der Waals surface area (Å²) in [6.07, 6.45) is 5.17. The highest BCUT2D eigenvalue weighted by Gasteiger charge is 2.17. The average Bonchev–Trinajstić information content (AvgIpc) is 3.03. The molecule has 128 valence electrons. The number of nitrogens with one attached hydrogen (secondary N) is 1. The second-order valence-corrected chi connectivity index (χ2v) is 6.36. The fraction of sp³-hybridized carbons (Fsp3) is 0.316. The lowest BCUT2D eigenvalue weighted by Crippen LogP contribution is -2.30. The molecule has 1 N–H and O–H groups in total. The van der Waals surface area contributed by atoms with Gasteiger partial charge >= 0.3 is 0 Å². The number of para-hydroxylation sites is 2. The summed E-state index contributed by atoms with van der Waals surface area (Å²) in [6.45, 7) is 3.89. The molecule has 0 aliphatic carbocycles. The molecule has 0 saturated carbocycles. The van der Waals surface area contributed by atoms with Crippen LogP contribution in [0.1, 0.15) is 35.3 Å². The van der Waals surface area contributed by atoms with Crippen molar-refractivity contribution in [2.24, 2.45) is 0 Å². The second-order valence-electron chi connectivity index (χ2n) is 6.36. The Labute approximate surface area is 145 Å². The van der Waals surface area contributed by atoms with Gasteiger partial charge in [0.25, 0.3) is 11.6 Å². The number of amides is 1. The Morgan fingerprint density at radius 3 is 2.84 bits per heavy atom. The Kier molecular flexibility index (Phi) is 4.09. The Morgan fingerprint density at radius 1 is 1.20 bits per heavy atom. The van der Waals surface area contributed by atoms with Crippen molar-refractivity contribution in [2.75, 3.05) is 23.3 Å². The van der Waals surface area contributed by atoms with Gasteiger partial charge in [0.15, 0.2) is 0 Å². The second kappa shape index (κ2) is 6.55. The molecule has 0 spiro atoms. The van der Waals surface area contributed by atoms with Gasteiger partial charge in [-0.15, -0.1) is 0 Å². The summed E-state index contributed by atoms with van der Waals surface area (Å²) in [5.74, 6) is -0.181. The molecule has 1 aliphatic rings. The molecule has 1 aliphatic heterocycles. The van der Waals surface area contributed by atoms with Crippen molar-refractivity contribution in [3.63, 3.8) is 0 Å². The van der Waals surface area contributed by atoms with Crippen LogP contribution in [0.4, 0.5) is 11.4 Å². The highest BCUT2D eigenvalue weighted by atomic mass is 16.5. The predicted octanol–water partition coefficient (Wildman–Crippen LogP) is 3.77. The van der Waals surface area contributed by atoms with E-state index >= 15 is 0 Å². The number of nitrogens with zero attached hydrogens (tertiary/aromatic N) is 3.